The van der Waals surface area contributed by atoms with Crippen molar-refractivity contribution in [2.45, 2.75) is 6.18 Å². The van der Waals surface area contributed by atoms with Crippen molar-refractivity contribution < 1.29 is 35.5 Å². The zero-order valence-corrected chi connectivity index (χ0v) is 13.3. The number of nitrogens with one attached hydrogen (secondary N) is 1. The zero-order chi connectivity index (χ0) is 21.1. The lowest BCUT2D eigenvalue weighted by atomic mass is 10.2. The summed E-state index contributed by atoms with van der Waals surface area (Å²) < 4.78 is 97.5. The predicted molar refractivity (Wildman–Crippen MR) is 80.7 cm³/mol. The van der Waals surface area contributed by atoms with E-state index in [1.54, 1.807) is 0 Å². The standard InChI is InChI=1S/C17H6F7N3O/c18-10-3-11(19)15(4-14(10)27-7-8(5-25)6-26)28-16-12(20)1-9(2-13(16)21)17(22,23)24/h1-4,7,27H. The summed E-state index contributed by atoms with van der Waals surface area (Å²) in [6.07, 6.45) is -4.25. The van der Waals surface area contributed by atoms with Crippen LogP contribution in [0.5, 0.6) is 11.5 Å². The van der Waals surface area contributed by atoms with Crippen LogP contribution in [0, 0.1) is 45.9 Å². The Bertz CT molecular complexity index is 994. The number of allylic oxidation sites excluding steroid dienone is 1. The van der Waals surface area contributed by atoms with E-state index in [4.69, 9.17) is 10.5 Å². The summed E-state index contributed by atoms with van der Waals surface area (Å²) in [7, 11) is 0. The normalized spacial score (nSPS) is 10.6. The highest BCUT2D eigenvalue weighted by atomic mass is 19.4. The molecule has 0 saturated carbocycles. The van der Waals surface area contributed by atoms with E-state index in [2.05, 4.69) is 10.1 Å². The van der Waals surface area contributed by atoms with Crippen molar-refractivity contribution in [1.29, 1.82) is 10.5 Å². The second kappa shape index (κ2) is 7.88. The summed E-state index contributed by atoms with van der Waals surface area (Å²) in [5.74, 6) is -8.40. The molecule has 0 saturated heterocycles. The van der Waals surface area contributed by atoms with E-state index in [1.165, 1.54) is 12.1 Å². The van der Waals surface area contributed by atoms with Crippen LogP contribution in [0.2, 0.25) is 0 Å². The van der Waals surface area contributed by atoms with Gasteiger partial charge in [-0.05, 0) is 12.1 Å². The number of rotatable bonds is 4. The Labute approximate surface area is 152 Å². The third kappa shape index (κ3) is 4.51. The summed E-state index contributed by atoms with van der Waals surface area (Å²) in [4.78, 5) is 0. The molecule has 2 aromatic carbocycles. The van der Waals surface area contributed by atoms with E-state index >= 15 is 0 Å². The van der Waals surface area contributed by atoms with Gasteiger partial charge in [-0.25, -0.2) is 17.6 Å². The van der Waals surface area contributed by atoms with Gasteiger partial charge in [0.2, 0.25) is 0 Å². The molecule has 0 atom stereocenters. The number of alkyl halides is 3. The van der Waals surface area contributed by atoms with E-state index in [-0.39, 0.29) is 18.2 Å². The smallest absolute Gasteiger partial charge is 0.416 e. The molecule has 0 bridgehead atoms. The molecule has 0 heterocycles. The molecule has 0 aliphatic carbocycles. The van der Waals surface area contributed by atoms with Gasteiger partial charge in [-0.1, -0.05) is 0 Å². The van der Waals surface area contributed by atoms with Gasteiger partial charge >= 0.3 is 6.18 Å². The summed E-state index contributed by atoms with van der Waals surface area (Å²) in [5.41, 5.74) is -2.62. The van der Waals surface area contributed by atoms with Crippen molar-refractivity contribution in [2.24, 2.45) is 0 Å². The Hall–Kier alpha value is -3.73. The first-order valence-electron chi connectivity index (χ1n) is 7.07. The average Bonchev–Trinajstić information content (AvgIpc) is 2.60. The zero-order valence-electron chi connectivity index (χ0n) is 13.3. The Balaban J connectivity index is 2.42. The van der Waals surface area contributed by atoms with Crippen LogP contribution < -0.4 is 10.1 Å². The first kappa shape index (κ1) is 20.6. The monoisotopic (exact) mass is 401 g/mol. The molecule has 2 aromatic rings. The first-order chi connectivity index (χ1) is 13.1. The molecule has 0 spiro atoms. The lowest BCUT2D eigenvalue weighted by Gasteiger charge is -2.13. The van der Waals surface area contributed by atoms with Crippen LogP contribution in [0.25, 0.3) is 0 Å². The van der Waals surface area contributed by atoms with Gasteiger partial charge in [0.25, 0.3) is 0 Å². The number of halogens is 7. The van der Waals surface area contributed by atoms with Gasteiger partial charge in [-0.15, -0.1) is 0 Å². The lowest BCUT2D eigenvalue weighted by Crippen LogP contribution is -2.07. The van der Waals surface area contributed by atoms with Crippen molar-refractivity contribution in [3.63, 3.8) is 0 Å². The van der Waals surface area contributed by atoms with Crippen molar-refractivity contribution in [3.8, 4) is 23.6 Å². The van der Waals surface area contributed by atoms with Gasteiger partial charge in [0.05, 0.1) is 11.3 Å². The highest BCUT2D eigenvalue weighted by Crippen LogP contribution is 2.37. The molecule has 0 aliphatic heterocycles. The maximum absolute atomic E-state index is 13.8. The Morgan fingerprint density at radius 1 is 0.893 bits per heavy atom. The molecule has 0 fully saturated rings. The number of hydrogen-bond acceptors (Lipinski definition) is 4. The van der Waals surface area contributed by atoms with E-state index in [9.17, 15) is 30.7 Å². The third-order valence-electron chi connectivity index (χ3n) is 3.17. The summed E-state index contributed by atoms with van der Waals surface area (Å²) in [6, 6.07) is 3.69. The number of hydrogen-bond donors (Lipinski definition) is 1. The predicted octanol–water partition coefficient (Wildman–Crippen LogP) is 5.40. The molecule has 0 aromatic heterocycles. The molecular formula is C17H6F7N3O. The van der Waals surface area contributed by atoms with E-state index in [0.29, 0.717) is 6.07 Å². The van der Waals surface area contributed by atoms with Gasteiger partial charge in [0, 0.05) is 18.3 Å². The minimum absolute atomic E-state index is 0.0478. The van der Waals surface area contributed by atoms with E-state index in [0.717, 1.165) is 6.20 Å². The molecule has 11 heteroatoms. The van der Waals surface area contributed by atoms with Crippen molar-refractivity contribution in [2.75, 3.05) is 5.32 Å². The summed E-state index contributed by atoms with van der Waals surface area (Å²) in [6.45, 7) is 0. The maximum atomic E-state index is 13.8. The van der Waals surface area contributed by atoms with Crippen LogP contribution in [0.1, 0.15) is 5.56 Å². The fourth-order valence-electron chi connectivity index (χ4n) is 1.89. The fraction of sp³-hybridized carbons (Fsp3) is 0.0588. The van der Waals surface area contributed by atoms with E-state index < -0.39 is 57.8 Å². The average molecular weight is 401 g/mol. The van der Waals surface area contributed by atoms with Gasteiger partial charge in [-0.3, -0.25) is 0 Å². The van der Waals surface area contributed by atoms with Crippen LogP contribution in [0.3, 0.4) is 0 Å². The molecular weight excluding hydrogens is 395 g/mol. The Morgan fingerprint density at radius 2 is 1.46 bits per heavy atom. The quantitative estimate of drug-likeness (QED) is 0.551. The third-order valence-corrected chi connectivity index (χ3v) is 3.17. The topological polar surface area (TPSA) is 68.8 Å². The Morgan fingerprint density at radius 3 is 1.96 bits per heavy atom. The summed E-state index contributed by atoms with van der Waals surface area (Å²) >= 11 is 0. The van der Waals surface area contributed by atoms with E-state index in [1.807, 2.05) is 0 Å². The molecule has 1 N–H and O–H groups in total. The van der Waals surface area contributed by atoms with Gasteiger partial charge < -0.3 is 10.1 Å². The maximum Gasteiger partial charge on any atom is 0.416 e. The second-order valence-corrected chi connectivity index (χ2v) is 5.06. The molecule has 0 unspecified atom stereocenters. The van der Waals surface area contributed by atoms with Gasteiger partial charge in [0.1, 0.15) is 23.5 Å². The highest BCUT2D eigenvalue weighted by molar-refractivity contribution is 5.55. The molecule has 0 radical (unpaired) electrons. The van der Waals surface area contributed by atoms with Crippen molar-refractivity contribution in [3.05, 3.63) is 64.9 Å². The fourth-order valence-corrected chi connectivity index (χ4v) is 1.89. The number of nitriles is 2. The number of nitrogens with zero attached hydrogens (tertiary/aromatic N) is 2. The van der Waals surface area contributed by atoms with Crippen LogP contribution in [-0.4, -0.2) is 0 Å². The molecule has 144 valence electrons. The van der Waals surface area contributed by atoms with Crippen molar-refractivity contribution in [1.82, 2.24) is 0 Å². The second-order valence-electron chi connectivity index (χ2n) is 5.06. The highest BCUT2D eigenvalue weighted by Gasteiger charge is 2.33. The Kier molecular flexibility index (Phi) is 5.79. The van der Waals surface area contributed by atoms with Gasteiger partial charge in [-0.2, -0.15) is 23.7 Å². The SMILES string of the molecule is N#CC(C#N)=CNc1cc(Oc2c(F)cc(C(F)(F)F)cc2F)c(F)cc1F. The van der Waals surface area contributed by atoms with Gasteiger partial charge in [0.15, 0.2) is 29.0 Å². The minimum atomic E-state index is -5.02. The first-order valence-corrected chi connectivity index (χ1v) is 7.07. The largest absolute Gasteiger partial charge is 0.448 e. The van der Waals surface area contributed by atoms with Crippen LogP contribution in [-0.2, 0) is 6.18 Å². The molecule has 28 heavy (non-hydrogen) atoms. The lowest BCUT2D eigenvalue weighted by molar-refractivity contribution is -0.138. The summed E-state index contributed by atoms with van der Waals surface area (Å²) in [5, 5.41) is 19.3. The minimum Gasteiger partial charge on any atom is -0.448 e. The molecule has 4 nitrogen and oxygen atoms in total. The van der Waals surface area contributed by atoms with Crippen molar-refractivity contribution >= 4 is 5.69 Å². The molecule has 0 amide bonds. The number of anilines is 1. The molecule has 0 aliphatic rings. The molecule has 2 rings (SSSR count). The van der Waals surface area contributed by atoms with Crippen LogP contribution >= 0.6 is 0 Å². The number of benzene rings is 2. The number of ether oxygens (including phenoxy) is 1. The van der Waals surface area contributed by atoms with Crippen LogP contribution in [0.4, 0.5) is 36.4 Å². The van der Waals surface area contributed by atoms with Crippen LogP contribution in [0.15, 0.2) is 36.0 Å².